The van der Waals surface area contributed by atoms with Crippen molar-refractivity contribution < 1.29 is 10.4 Å². The number of benzene rings is 1. The van der Waals surface area contributed by atoms with Crippen molar-refractivity contribution in [1.29, 1.82) is 0 Å². The second-order valence-electron chi connectivity index (χ2n) is 2.34. The normalized spacial score (nSPS) is 6.93. The first-order valence-electron chi connectivity index (χ1n) is 4.48. The molecule has 15 heavy (non-hydrogen) atoms. The van der Waals surface area contributed by atoms with E-state index in [-0.39, 0.29) is 0 Å². The van der Waals surface area contributed by atoms with Crippen molar-refractivity contribution in [1.82, 2.24) is 0 Å². The van der Waals surface area contributed by atoms with Crippen molar-refractivity contribution in [3.8, 4) is 0 Å². The van der Waals surface area contributed by atoms with Crippen LogP contribution in [-0.2, 0) is 6.42 Å². The van der Waals surface area contributed by atoms with E-state index in [1.54, 1.807) is 0 Å². The summed E-state index contributed by atoms with van der Waals surface area (Å²) in [5, 5.41) is 13.0. The maximum Gasteiger partial charge on any atom is -0.0195 e. The van der Waals surface area contributed by atoms with Crippen LogP contribution in [0.1, 0.15) is 18.1 Å². The summed E-state index contributed by atoms with van der Waals surface area (Å²) in [6.07, 6.45) is 1.14. The van der Waals surface area contributed by atoms with Crippen LogP contribution in [0, 0.1) is 6.92 Å². The minimum Gasteiger partial charge on any atom is -0.333 e. The van der Waals surface area contributed by atoms with Crippen molar-refractivity contribution in [2.24, 2.45) is 17.5 Å². The third-order valence-electron chi connectivity index (χ3n) is 1.53. The highest BCUT2D eigenvalue weighted by Crippen LogP contribution is 2.02. The summed E-state index contributed by atoms with van der Waals surface area (Å²) in [5.41, 5.74) is 7.26. The zero-order chi connectivity index (χ0) is 12.7. The van der Waals surface area contributed by atoms with Crippen LogP contribution in [0.25, 0.3) is 0 Å². The highest BCUT2D eigenvalue weighted by atomic mass is 16.4. The lowest BCUT2D eigenvalue weighted by atomic mass is 10.1. The molecule has 0 saturated heterocycles. The summed E-state index contributed by atoms with van der Waals surface area (Å²) in [5.74, 6) is 7.00. The lowest BCUT2D eigenvalue weighted by molar-refractivity contribution is 0.311. The number of nitrogens with two attached hydrogens (primary N) is 3. The van der Waals surface area contributed by atoms with Gasteiger partial charge in [0.1, 0.15) is 0 Å². The van der Waals surface area contributed by atoms with Crippen molar-refractivity contribution in [2.45, 2.75) is 20.3 Å². The van der Waals surface area contributed by atoms with Gasteiger partial charge in [0, 0.05) is 0 Å². The minimum atomic E-state index is 1.14. The predicted molar refractivity (Wildman–Crippen MR) is 62.6 cm³/mol. The molecule has 1 aromatic rings. The molecule has 0 aliphatic heterocycles. The number of hydrogen-bond donors (Lipinski definition) is 5. The van der Waals surface area contributed by atoms with Crippen molar-refractivity contribution in [3.63, 3.8) is 0 Å². The Kier molecular flexibility index (Phi) is 24.4. The lowest BCUT2D eigenvalue weighted by Gasteiger charge is -1.94. The predicted octanol–water partition coefficient (Wildman–Crippen LogP) is 0.801. The van der Waals surface area contributed by atoms with Gasteiger partial charge in [0.2, 0.25) is 0 Å². The van der Waals surface area contributed by atoms with Gasteiger partial charge in [0.25, 0.3) is 0 Å². The van der Waals surface area contributed by atoms with Gasteiger partial charge in [-0.05, 0) is 26.0 Å². The van der Waals surface area contributed by atoms with Gasteiger partial charge in [0.05, 0.1) is 0 Å². The quantitative estimate of drug-likeness (QED) is 0.446. The van der Waals surface area contributed by atoms with Gasteiger partial charge in [-0.25, -0.2) is 11.8 Å². The van der Waals surface area contributed by atoms with Crippen molar-refractivity contribution in [2.75, 3.05) is 7.05 Å². The Balaban J connectivity index is -0.000000208. The fourth-order valence-corrected chi connectivity index (χ4v) is 0.824. The SMILES string of the molecule is CCc1ccc(C)cc1.CN.NO.NO. The van der Waals surface area contributed by atoms with Gasteiger partial charge >= 0.3 is 0 Å². The zero-order valence-corrected chi connectivity index (χ0v) is 9.64. The Labute approximate surface area is 91.4 Å². The van der Waals surface area contributed by atoms with E-state index in [9.17, 15) is 0 Å². The fourth-order valence-electron chi connectivity index (χ4n) is 0.824. The Morgan fingerprint density at radius 1 is 0.933 bits per heavy atom. The van der Waals surface area contributed by atoms with Crippen LogP contribution in [0.4, 0.5) is 0 Å². The summed E-state index contributed by atoms with van der Waals surface area (Å²) in [7, 11) is 1.50. The molecular weight excluding hydrogens is 194 g/mol. The van der Waals surface area contributed by atoms with E-state index < -0.39 is 0 Å². The van der Waals surface area contributed by atoms with Gasteiger partial charge in [-0.3, -0.25) is 0 Å². The molecule has 0 aliphatic rings. The van der Waals surface area contributed by atoms with Gasteiger partial charge in [-0.1, -0.05) is 36.8 Å². The molecule has 0 aromatic heterocycles. The average molecular weight is 217 g/mol. The third-order valence-corrected chi connectivity index (χ3v) is 1.53. The first kappa shape index (κ1) is 19.6. The molecule has 0 spiro atoms. The molecule has 1 rings (SSSR count). The van der Waals surface area contributed by atoms with E-state index in [0.29, 0.717) is 0 Å². The van der Waals surface area contributed by atoms with Crippen LogP contribution < -0.4 is 17.5 Å². The van der Waals surface area contributed by atoms with Crippen LogP contribution >= 0.6 is 0 Å². The van der Waals surface area contributed by atoms with Crippen LogP contribution in [0.5, 0.6) is 0 Å². The second-order valence-corrected chi connectivity index (χ2v) is 2.34. The molecule has 0 fully saturated rings. The van der Waals surface area contributed by atoms with Crippen LogP contribution in [0.3, 0.4) is 0 Å². The molecule has 5 nitrogen and oxygen atoms in total. The molecule has 90 valence electrons. The average Bonchev–Trinajstić information content (AvgIpc) is 2.38. The summed E-state index contributed by atoms with van der Waals surface area (Å²) >= 11 is 0. The summed E-state index contributed by atoms with van der Waals surface area (Å²) < 4.78 is 0. The zero-order valence-electron chi connectivity index (χ0n) is 9.64. The molecular formula is C10H23N3O2. The van der Waals surface area contributed by atoms with Gasteiger partial charge in [-0.15, -0.1) is 0 Å². The first-order valence-corrected chi connectivity index (χ1v) is 4.48. The second kappa shape index (κ2) is 18.7. The molecule has 0 bridgehead atoms. The highest BCUT2D eigenvalue weighted by Gasteiger charge is 1.84. The molecule has 0 atom stereocenters. The van der Waals surface area contributed by atoms with E-state index in [4.69, 9.17) is 10.4 Å². The van der Waals surface area contributed by atoms with E-state index in [1.165, 1.54) is 18.2 Å². The Morgan fingerprint density at radius 3 is 1.53 bits per heavy atom. The molecule has 5 heteroatoms. The maximum atomic E-state index is 6.50. The number of hydrogen-bond acceptors (Lipinski definition) is 5. The Hall–Kier alpha value is -0.980. The minimum absolute atomic E-state index is 1.14. The molecule has 1 aromatic carbocycles. The number of aryl methyl sites for hydroxylation is 2. The highest BCUT2D eigenvalue weighted by molar-refractivity contribution is 5.20. The van der Waals surface area contributed by atoms with E-state index >= 15 is 0 Å². The van der Waals surface area contributed by atoms with E-state index in [2.05, 4.69) is 55.6 Å². The summed E-state index contributed by atoms with van der Waals surface area (Å²) in [4.78, 5) is 0. The molecule has 0 unspecified atom stereocenters. The molecule has 0 aliphatic carbocycles. The largest absolute Gasteiger partial charge is 0.333 e. The van der Waals surface area contributed by atoms with Crippen molar-refractivity contribution in [3.05, 3.63) is 35.4 Å². The number of rotatable bonds is 1. The molecule has 0 radical (unpaired) electrons. The van der Waals surface area contributed by atoms with Gasteiger partial charge in [0.15, 0.2) is 0 Å². The Bertz CT molecular complexity index is 190. The molecule has 0 heterocycles. The maximum absolute atomic E-state index is 6.50. The smallest absolute Gasteiger partial charge is 0.0195 e. The first-order chi connectivity index (χ1) is 7.33. The summed E-state index contributed by atoms with van der Waals surface area (Å²) in [6, 6.07) is 8.66. The third kappa shape index (κ3) is 13.0. The summed E-state index contributed by atoms with van der Waals surface area (Å²) in [6.45, 7) is 4.28. The van der Waals surface area contributed by atoms with Gasteiger partial charge in [-0.2, -0.15) is 0 Å². The molecule has 0 amide bonds. The molecule has 8 N–H and O–H groups in total. The topological polar surface area (TPSA) is 119 Å². The Morgan fingerprint density at radius 2 is 1.27 bits per heavy atom. The lowest BCUT2D eigenvalue weighted by Crippen LogP contribution is -1.77. The molecule has 0 saturated carbocycles. The standard InChI is InChI=1S/C9H12.CH5N.2H3NO/c1-3-9-6-4-8(2)5-7-9;3*1-2/h4-7H,3H2,1-2H3;2H2,1H3;2*2H,1H2. The van der Waals surface area contributed by atoms with Crippen LogP contribution in [0.15, 0.2) is 24.3 Å². The van der Waals surface area contributed by atoms with E-state index in [0.717, 1.165) is 6.42 Å². The van der Waals surface area contributed by atoms with Crippen LogP contribution in [0.2, 0.25) is 0 Å². The van der Waals surface area contributed by atoms with Gasteiger partial charge < -0.3 is 16.1 Å². The van der Waals surface area contributed by atoms with Crippen LogP contribution in [-0.4, -0.2) is 17.5 Å². The fraction of sp³-hybridized carbons (Fsp3) is 0.400. The monoisotopic (exact) mass is 217 g/mol. The van der Waals surface area contributed by atoms with Crippen molar-refractivity contribution >= 4 is 0 Å². The van der Waals surface area contributed by atoms with E-state index in [1.807, 2.05) is 0 Å².